The first-order chi connectivity index (χ1) is 26.5. The highest BCUT2D eigenvalue weighted by Crippen LogP contribution is 2.24. The van der Waals surface area contributed by atoms with E-state index in [0.717, 1.165) is 64.2 Å². The number of unbranched alkanes of at least 4 members (excludes halogenated alkanes) is 22. The van der Waals surface area contributed by atoms with Crippen LogP contribution in [0.25, 0.3) is 0 Å². The smallest absolute Gasteiger partial charge is 0.306 e. The summed E-state index contributed by atoms with van der Waals surface area (Å²) >= 11 is 0. The van der Waals surface area contributed by atoms with E-state index in [1.54, 1.807) is 0 Å². The molecular formula is C42H78O12S. The summed E-state index contributed by atoms with van der Waals surface area (Å²) in [5.41, 5.74) is 0. The Morgan fingerprint density at radius 3 is 1.58 bits per heavy atom. The van der Waals surface area contributed by atoms with Crippen molar-refractivity contribution >= 4 is 22.1 Å². The van der Waals surface area contributed by atoms with E-state index in [2.05, 4.69) is 26.0 Å². The molecule has 55 heavy (non-hydrogen) atoms. The quantitative estimate of drug-likeness (QED) is 0.0206. The fourth-order valence-corrected chi connectivity index (χ4v) is 7.37. The molecule has 1 aliphatic heterocycles. The Morgan fingerprint density at radius 1 is 0.600 bits per heavy atom. The van der Waals surface area contributed by atoms with E-state index in [0.29, 0.717) is 12.8 Å². The van der Waals surface area contributed by atoms with Gasteiger partial charge in [0.25, 0.3) is 10.1 Å². The first kappa shape index (κ1) is 51.4. The Balaban J connectivity index is 2.42. The van der Waals surface area contributed by atoms with Crippen LogP contribution < -0.4 is 0 Å². The number of carbonyl (C=O) groups excluding carboxylic acids is 2. The van der Waals surface area contributed by atoms with Gasteiger partial charge in [-0.3, -0.25) is 14.1 Å². The van der Waals surface area contributed by atoms with E-state index >= 15 is 0 Å². The Hall–Kier alpha value is -1.61. The monoisotopic (exact) mass is 807 g/mol. The predicted molar refractivity (Wildman–Crippen MR) is 215 cm³/mol. The molecule has 0 aromatic heterocycles. The van der Waals surface area contributed by atoms with Crippen LogP contribution >= 0.6 is 0 Å². The van der Waals surface area contributed by atoms with E-state index in [-0.39, 0.29) is 19.4 Å². The van der Waals surface area contributed by atoms with E-state index in [1.807, 2.05) is 0 Å². The lowest BCUT2D eigenvalue weighted by atomic mass is 10.00. The van der Waals surface area contributed by atoms with Crippen molar-refractivity contribution in [3.8, 4) is 0 Å². The third kappa shape index (κ3) is 28.4. The summed E-state index contributed by atoms with van der Waals surface area (Å²) in [7, 11) is -4.60. The molecule has 0 spiro atoms. The number of ether oxygens (including phenoxy) is 4. The molecule has 0 amide bonds. The highest BCUT2D eigenvalue weighted by molar-refractivity contribution is 7.85. The molecule has 1 aliphatic rings. The van der Waals surface area contributed by atoms with Crippen LogP contribution in [-0.4, -0.2) is 96.0 Å². The van der Waals surface area contributed by atoms with Crippen molar-refractivity contribution in [2.24, 2.45) is 0 Å². The summed E-state index contributed by atoms with van der Waals surface area (Å²) < 4.78 is 53.9. The predicted octanol–water partition coefficient (Wildman–Crippen LogP) is 8.28. The summed E-state index contributed by atoms with van der Waals surface area (Å²) in [6, 6.07) is 0. The summed E-state index contributed by atoms with van der Waals surface area (Å²) in [5, 5.41) is 30.8. The standard InChI is InChI=1S/C42H78O12S/c1-3-5-7-9-11-13-15-16-17-18-19-20-21-23-24-26-28-30-37(43)51-32-35(53-38(44)31-29-27-25-22-14-12-10-8-6-4-2)33-52-42-41(47)40(46)39(45)36(54-42)34-55(48,49)50/h8,10,35-36,39-42,45-47H,3-7,9,11-34H2,1-2H3,(H,48,49,50)/b10-8-. The van der Waals surface area contributed by atoms with Gasteiger partial charge in [0, 0.05) is 12.8 Å². The lowest BCUT2D eigenvalue weighted by Crippen LogP contribution is -2.60. The normalized spacial score (nSPS) is 20.9. The molecule has 1 saturated heterocycles. The molecule has 0 saturated carbocycles. The molecule has 0 aliphatic carbocycles. The van der Waals surface area contributed by atoms with Crippen molar-refractivity contribution < 1.29 is 56.8 Å². The number of allylic oxidation sites excluding steroid dienone is 2. The van der Waals surface area contributed by atoms with Crippen molar-refractivity contribution in [3.63, 3.8) is 0 Å². The van der Waals surface area contributed by atoms with Crippen LogP contribution in [0.3, 0.4) is 0 Å². The number of aliphatic hydroxyl groups excluding tert-OH is 3. The second-order valence-corrected chi connectivity index (χ2v) is 16.9. The molecule has 0 bridgehead atoms. The van der Waals surface area contributed by atoms with E-state index in [9.17, 15) is 37.9 Å². The number of carbonyl (C=O) groups is 2. The van der Waals surface area contributed by atoms with Crippen LogP contribution in [0.2, 0.25) is 0 Å². The molecule has 0 aromatic rings. The summed E-state index contributed by atoms with van der Waals surface area (Å²) in [5.74, 6) is -1.99. The topological polar surface area (TPSA) is 186 Å². The molecule has 12 nitrogen and oxygen atoms in total. The fraction of sp³-hybridized carbons (Fsp3) is 0.905. The van der Waals surface area contributed by atoms with Gasteiger partial charge in [-0.1, -0.05) is 154 Å². The van der Waals surface area contributed by atoms with Crippen LogP contribution in [0.5, 0.6) is 0 Å². The van der Waals surface area contributed by atoms with Gasteiger partial charge in [-0.2, -0.15) is 8.42 Å². The highest BCUT2D eigenvalue weighted by Gasteiger charge is 2.46. The second kappa shape index (κ2) is 33.4. The van der Waals surface area contributed by atoms with Gasteiger partial charge in [0.2, 0.25) is 0 Å². The molecule has 0 aromatic carbocycles. The average molecular weight is 807 g/mol. The Labute approximate surface area is 333 Å². The maximum Gasteiger partial charge on any atom is 0.306 e. The molecule has 1 rings (SSSR count). The number of rotatable bonds is 36. The lowest BCUT2D eigenvalue weighted by Gasteiger charge is -2.40. The second-order valence-electron chi connectivity index (χ2n) is 15.4. The summed E-state index contributed by atoms with van der Waals surface area (Å²) in [6.07, 6.45) is 24.2. The zero-order valence-electron chi connectivity index (χ0n) is 34.3. The van der Waals surface area contributed by atoms with Gasteiger partial charge < -0.3 is 34.3 Å². The van der Waals surface area contributed by atoms with Crippen LogP contribution in [0, 0.1) is 0 Å². The van der Waals surface area contributed by atoms with E-state index < -0.39 is 71.2 Å². The molecule has 0 radical (unpaired) electrons. The van der Waals surface area contributed by atoms with Crippen molar-refractivity contribution in [2.75, 3.05) is 19.0 Å². The maximum absolute atomic E-state index is 12.7. The minimum atomic E-state index is -4.60. The largest absolute Gasteiger partial charge is 0.462 e. The van der Waals surface area contributed by atoms with Crippen LogP contribution in [0.15, 0.2) is 12.2 Å². The summed E-state index contributed by atoms with van der Waals surface area (Å²) in [6.45, 7) is 3.69. The van der Waals surface area contributed by atoms with Crippen molar-refractivity contribution in [1.82, 2.24) is 0 Å². The zero-order valence-corrected chi connectivity index (χ0v) is 35.1. The number of esters is 2. The molecule has 6 atom stereocenters. The van der Waals surface area contributed by atoms with Gasteiger partial charge >= 0.3 is 11.9 Å². The van der Waals surface area contributed by atoms with Crippen molar-refractivity contribution in [3.05, 3.63) is 12.2 Å². The molecule has 1 fully saturated rings. The molecule has 1 heterocycles. The molecule has 324 valence electrons. The van der Waals surface area contributed by atoms with Gasteiger partial charge in [-0.25, -0.2) is 0 Å². The average Bonchev–Trinajstić information content (AvgIpc) is 3.14. The number of aliphatic hydroxyl groups is 3. The SMILES string of the molecule is CCC/C=C\CCCCCCCC(=O)OC(COC(=O)CCCCCCCCCCCCCCCCCCC)COC1OC(CS(=O)(=O)O)C(O)C(O)C1O. The minimum absolute atomic E-state index is 0.157. The first-order valence-electron chi connectivity index (χ1n) is 21.7. The van der Waals surface area contributed by atoms with Crippen LogP contribution in [0.4, 0.5) is 0 Å². The first-order valence-corrected chi connectivity index (χ1v) is 23.4. The molecule has 13 heteroatoms. The van der Waals surface area contributed by atoms with Crippen molar-refractivity contribution in [1.29, 1.82) is 0 Å². The Kier molecular flexibility index (Phi) is 31.2. The summed E-state index contributed by atoms with van der Waals surface area (Å²) in [4.78, 5) is 25.3. The van der Waals surface area contributed by atoms with Gasteiger partial charge in [0.15, 0.2) is 12.4 Å². The maximum atomic E-state index is 12.7. The van der Waals surface area contributed by atoms with Gasteiger partial charge in [-0.15, -0.1) is 0 Å². The number of hydrogen-bond acceptors (Lipinski definition) is 11. The Bertz CT molecular complexity index is 1080. The fourth-order valence-electron chi connectivity index (χ4n) is 6.68. The zero-order chi connectivity index (χ0) is 40.6. The number of hydrogen-bond donors (Lipinski definition) is 4. The van der Waals surface area contributed by atoms with Gasteiger partial charge in [0.1, 0.15) is 36.8 Å². The van der Waals surface area contributed by atoms with Crippen LogP contribution in [-0.2, 0) is 38.7 Å². The lowest BCUT2D eigenvalue weighted by molar-refractivity contribution is -0.297. The molecule has 4 N–H and O–H groups in total. The molecule has 6 unspecified atom stereocenters. The van der Waals surface area contributed by atoms with E-state index in [1.165, 1.54) is 83.5 Å². The van der Waals surface area contributed by atoms with Crippen LogP contribution in [0.1, 0.15) is 187 Å². The minimum Gasteiger partial charge on any atom is -0.462 e. The third-order valence-corrected chi connectivity index (χ3v) is 10.8. The Morgan fingerprint density at radius 2 is 1.07 bits per heavy atom. The van der Waals surface area contributed by atoms with Gasteiger partial charge in [-0.05, 0) is 32.1 Å². The van der Waals surface area contributed by atoms with E-state index in [4.69, 9.17) is 18.9 Å². The highest BCUT2D eigenvalue weighted by atomic mass is 32.2. The van der Waals surface area contributed by atoms with Crippen molar-refractivity contribution in [2.45, 2.75) is 224 Å². The van der Waals surface area contributed by atoms with Gasteiger partial charge in [0.05, 0.1) is 6.61 Å². The third-order valence-electron chi connectivity index (χ3n) is 10.1. The molecular weight excluding hydrogens is 729 g/mol.